The van der Waals surface area contributed by atoms with E-state index in [1.807, 2.05) is 0 Å². The number of non-ortho nitro benzene ring substituents is 1. The predicted molar refractivity (Wildman–Crippen MR) is 78.7 cm³/mol. The van der Waals surface area contributed by atoms with Gasteiger partial charge in [0.1, 0.15) is 0 Å². The van der Waals surface area contributed by atoms with E-state index < -0.39 is 4.92 Å². The first-order chi connectivity index (χ1) is 9.08. The number of hydrogen-bond acceptors (Lipinski definition) is 3. The number of nitrogens with zero attached hydrogens (tertiary/aromatic N) is 2. The van der Waals surface area contributed by atoms with Crippen molar-refractivity contribution in [2.24, 2.45) is 0 Å². The maximum Gasteiger partial charge on any atom is 0.269 e. The van der Waals surface area contributed by atoms with E-state index in [4.69, 9.17) is 11.6 Å². The van der Waals surface area contributed by atoms with Gasteiger partial charge in [-0.3, -0.25) is 10.1 Å². The van der Waals surface area contributed by atoms with Crippen molar-refractivity contribution >= 4 is 17.3 Å². The molecule has 0 saturated heterocycles. The molecule has 1 unspecified atom stereocenters. The van der Waals surface area contributed by atoms with Gasteiger partial charge in [-0.1, -0.05) is 26.0 Å². The van der Waals surface area contributed by atoms with E-state index in [-0.39, 0.29) is 11.1 Å². The number of benzene rings is 1. The lowest BCUT2D eigenvalue weighted by molar-refractivity contribution is -0.384. The maximum atomic E-state index is 10.6. The number of rotatable bonds is 8. The zero-order chi connectivity index (χ0) is 14.3. The molecule has 0 spiro atoms. The standard InChI is InChI=1S/C14H21ClN2O2/c1-3-9-16(10-4-2)11-14(15)12-5-7-13(8-6-12)17(18)19/h5-8,14H,3-4,9-11H2,1-2H3. The quantitative estimate of drug-likeness (QED) is 0.412. The highest BCUT2D eigenvalue weighted by atomic mass is 35.5. The fraction of sp³-hybridized carbons (Fsp3) is 0.571. The molecule has 0 fully saturated rings. The Morgan fingerprint density at radius 3 is 2.16 bits per heavy atom. The maximum absolute atomic E-state index is 10.6. The highest BCUT2D eigenvalue weighted by molar-refractivity contribution is 6.21. The molecule has 1 rings (SSSR count). The summed E-state index contributed by atoms with van der Waals surface area (Å²) < 4.78 is 0. The molecule has 1 aromatic rings. The smallest absolute Gasteiger partial charge is 0.269 e. The molecule has 1 atom stereocenters. The van der Waals surface area contributed by atoms with Crippen LogP contribution in [0.4, 0.5) is 5.69 Å². The molecule has 5 heteroatoms. The van der Waals surface area contributed by atoms with E-state index in [2.05, 4.69) is 18.7 Å². The average Bonchev–Trinajstić information content (AvgIpc) is 2.39. The van der Waals surface area contributed by atoms with E-state index in [1.165, 1.54) is 12.1 Å². The molecule has 0 radical (unpaired) electrons. The van der Waals surface area contributed by atoms with Gasteiger partial charge in [0, 0.05) is 18.7 Å². The van der Waals surface area contributed by atoms with Crippen molar-refractivity contribution in [2.45, 2.75) is 32.1 Å². The monoisotopic (exact) mass is 284 g/mol. The van der Waals surface area contributed by atoms with Gasteiger partial charge in [-0.15, -0.1) is 11.6 Å². The molecule has 0 heterocycles. The Morgan fingerprint density at radius 1 is 1.21 bits per heavy atom. The van der Waals surface area contributed by atoms with Crippen molar-refractivity contribution in [3.05, 3.63) is 39.9 Å². The van der Waals surface area contributed by atoms with Crippen molar-refractivity contribution in [2.75, 3.05) is 19.6 Å². The van der Waals surface area contributed by atoms with Gasteiger partial charge in [-0.25, -0.2) is 0 Å². The average molecular weight is 285 g/mol. The minimum absolute atomic E-state index is 0.103. The molecule has 0 aliphatic rings. The van der Waals surface area contributed by atoms with Crippen LogP contribution in [0.25, 0.3) is 0 Å². The van der Waals surface area contributed by atoms with Crippen LogP contribution in [0.3, 0.4) is 0 Å². The highest BCUT2D eigenvalue weighted by Crippen LogP contribution is 2.24. The number of hydrogen-bond donors (Lipinski definition) is 0. The van der Waals surface area contributed by atoms with Crippen molar-refractivity contribution in [3.8, 4) is 0 Å². The first kappa shape index (κ1) is 15.9. The first-order valence-electron chi connectivity index (χ1n) is 6.69. The summed E-state index contributed by atoms with van der Waals surface area (Å²) in [6.07, 6.45) is 2.20. The molecular weight excluding hydrogens is 264 g/mol. The third kappa shape index (κ3) is 5.17. The first-order valence-corrected chi connectivity index (χ1v) is 7.12. The highest BCUT2D eigenvalue weighted by Gasteiger charge is 2.14. The molecular formula is C14H21ClN2O2. The lowest BCUT2D eigenvalue weighted by Gasteiger charge is -2.23. The molecule has 0 aliphatic heterocycles. The zero-order valence-corrected chi connectivity index (χ0v) is 12.3. The molecule has 4 nitrogen and oxygen atoms in total. The fourth-order valence-corrected chi connectivity index (χ4v) is 2.40. The number of alkyl halides is 1. The number of nitro groups is 1. The van der Waals surface area contributed by atoms with Crippen LogP contribution in [0, 0.1) is 10.1 Å². The summed E-state index contributed by atoms with van der Waals surface area (Å²) in [6, 6.07) is 6.50. The van der Waals surface area contributed by atoms with E-state index in [0.29, 0.717) is 0 Å². The second-order valence-corrected chi connectivity index (χ2v) is 5.14. The molecule has 0 aromatic heterocycles. The Balaban J connectivity index is 2.65. The second-order valence-electron chi connectivity index (χ2n) is 4.62. The van der Waals surface area contributed by atoms with Gasteiger partial charge < -0.3 is 4.90 Å². The van der Waals surface area contributed by atoms with Crippen LogP contribution in [0.2, 0.25) is 0 Å². The lowest BCUT2D eigenvalue weighted by atomic mass is 10.1. The summed E-state index contributed by atoms with van der Waals surface area (Å²) in [7, 11) is 0. The summed E-state index contributed by atoms with van der Waals surface area (Å²) in [4.78, 5) is 12.5. The van der Waals surface area contributed by atoms with Crippen molar-refractivity contribution in [3.63, 3.8) is 0 Å². The van der Waals surface area contributed by atoms with E-state index in [0.717, 1.165) is 38.0 Å². The van der Waals surface area contributed by atoms with Crippen LogP contribution >= 0.6 is 11.6 Å². The van der Waals surface area contributed by atoms with Crippen LogP contribution in [0.5, 0.6) is 0 Å². The van der Waals surface area contributed by atoms with Crippen molar-refractivity contribution in [1.82, 2.24) is 4.90 Å². The predicted octanol–water partition coefficient (Wildman–Crippen LogP) is 4.00. The Hall–Kier alpha value is -1.13. The van der Waals surface area contributed by atoms with Crippen molar-refractivity contribution in [1.29, 1.82) is 0 Å². The van der Waals surface area contributed by atoms with E-state index >= 15 is 0 Å². The summed E-state index contributed by atoms with van der Waals surface area (Å²) in [5.41, 5.74) is 1.04. The van der Waals surface area contributed by atoms with Crippen LogP contribution in [-0.4, -0.2) is 29.5 Å². The van der Waals surface area contributed by atoms with Gasteiger partial charge in [-0.2, -0.15) is 0 Å². The van der Waals surface area contributed by atoms with Gasteiger partial charge >= 0.3 is 0 Å². The Kier molecular flexibility index (Phi) is 6.81. The molecule has 0 saturated carbocycles. The lowest BCUT2D eigenvalue weighted by Crippen LogP contribution is -2.28. The fourth-order valence-electron chi connectivity index (χ4n) is 2.06. The zero-order valence-electron chi connectivity index (χ0n) is 11.5. The molecule has 106 valence electrons. The Labute approximate surface area is 119 Å². The van der Waals surface area contributed by atoms with Gasteiger partial charge in [0.05, 0.1) is 10.3 Å². The summed E-state index contributed by atoms with van der Waals surface area (Å²) in [6.45, 7) is 7.14. The topological polar surface area (TPSA) is 46.4 Å². The van der Waals surface area contributed by atoms with Gasteiger partial charge in [-0.05, 0) is 31.5 Å². The number of halogens is 1. The third-order valence-electron chi connectivity index (χ3n) is 2.96. The molecule has 1 aromatic carbocycles. The SMILES string of the molecule is CCCN(CCC)CC(Cl)c1ccc([N+](=O)[O-])cc1. The minimum Gasteiger partial charge on any atom is -0.302 e. The number of nitro benzene ring substituents is 1. The van der Waals surface area contributed by atoms with E-state index in [1.54, 1.807) is 12.1 Å². The third-order valence-corrected chi connectivity index (χ3v) is 3.35. The molecule has 0 aliphatic carbocycles. The second kappa shape index (κ2) is 8.12. The van der Waals surface area contributed by atoms with Gasteiger partial charge in [0.15, 0.2) is 0 Å². The van der Waals surface area contributed by atoms with Crippen LogP contribution in [-0.2, 0) is 0 Å². The summed E-state index contributed by atoms with van der Waals surface area (Å²) in [5.74, 6) is 0. The summed E-state index contributed by atoms with van der Waals surface area (Å²) in [5, 5.41) is 10.5. The van der Waals surface area contributed by atoms with Crippen LogP contribution in [0.15, 0.2) is 24.3 Å². The van der Waals surface area contributed by atoms with Gasteiger partial charge in [0.25, 0.3) is 5.69 Å². The molecule has 0 amide bonds. The Morgan fingerprint density at radius 2 is 1.74 bits per heavy atom. The molecule has 0 bridgehead atoms. The molecule has 0 N–H and O–H groups in total. The van der Waals surface area contributed by atoms with Crippen LogP contribution < -0.4 is 0 Å². The molecule has 19 heavy (non-hydrogen) atoms. The largest absolute Gasteiger partial charge is 0.302 e. The van der Waals surface area contributed by atoms with E-state index in [9.17, 15) is 10.1 Å². The van der Waals surface area contributed by atoms with Crippen molar-refractivity contribution < 1.29 is 4.92 Å². The summed E-state index contributed by atoms with van der Waals surface area (Å²) >= 11 is 6.39. The minimum atomic E-state index is -0.395. The van der Waals surface area contributed by atoms with Crippen LogP contribution in [0.1, 0.15) is 37.6 Å². The van der Waals surface area contributed by atoms with Gasteiger partial charge in [0.2, 0.25) is 0 Å². The normalized spacial score (nSPS) is 12.6. The Bertz CT molecular complexity index is 389.